The molecule has 2 rings (SSSR count). The van der Waals surface area contributed by atoms with Crippen LogP contribution < -0.4 is 19.7 Å². The zero-order valence-electron chi connectivity index (χ0n) is 12.7. The number of carbonyl (C=O) groups is 2. The van der Waals surface area contributed by atoms with Crippen molar-refractivity contribution < 1.29 is 37.7 Å². The minimum absolute atomic E-state index is 0.0169. The molecule has 8 nitrogen and oxygen atoms in total. The number of rotatable bonds is 8. The van der Waals surface area contributed by atoms with E-state index in [1.54, 1.807) is 0 Å². The molecule has 0 saturated carbocycles. The lowest BCUT2D eigenvalue weighted by Crippen LogP contribution is -2.28. The summed E-state index contributed by atoms with van der Waals surface area (Å²) in [6, 6.07) is 10.4. The molecule has 0 unspecified atom stereocenters. The number of hydrogen-bond acceptors (Lipinski definition) is 8. The van der Waals surface area contributed by atoms with Gasteiger partial charge in [-0.2, -0.15) is 0 Å². The molecule has 0 atom stereocenters. The maximum atomic E-state index is 12.5. The monoisotopic (exact) mass is 364 g/mol. The van der Waals surface area contributed by atoms with Crippen LogP contribution >= 0.6 is 0 Å². The lowest BCUT2D eigenvalue weighted by molar-refractivity contribution is -0.308. The molecule has 0 aromatic heterocycles. The number of carboxylic acids is 2. The first-order chi connectivity index (χ1) is 11.8. The second kappa shape index (κ2) is 7.67. The first-order valence-corrected chi connectivity index (χ1v) is 8.38. The maximum Gasteiger partial charge on any atom is 0.206 e. The third-order valence-corrected chi connectivity index (χ3v) is 4.77. The van der Waals surface area contributed by atoms with Crippen LogP contribution in [0.2, 0.25) is 0 Å². The van der Waals surface area contributed by atoms with E-state index in [9.17, 15) is 28.2 Å². The molecule has 9 heteroatoms. The Labute approximate surface area is 143 Å². The van der Waals surface area contributed by atoms with Crippen molar-refractivity contribution in [1.82, 2.24) is 0 Å². The molecule has 0 amide bonds. The summed E-state index contributed by atoms with van der Waals surface area (Å²) in [5.41, 5.74) is 0. The van der Waals surface area contributed by atoms with E-state index in [-0.39, 0.29) is 21.3 Å². The fourth-order valence-electron chi connectivity index (χ4n) is 1.85. The molecule has 2 aromatic rings. The van der Waals surface area contributed by atoms with Crippen molar-refractivity contribution in [3.05, 3.63) is 48.5 Å². The maximum absolute atomic E-state index is 12.5. The topological polar surface area (TPSA) is 133 Å². The number of carboxylic acid groups (broad SMARTS) is 2. The fourth-order valence-corrected chi connectivity index (χ4v) is 3.11. The van der Waals surface area contributed by atoms with E-state index in [1.807, 2.05) is 0 Å². The number of ether oxygens (including phenoxy) is 2. The zero-order valence-corrected chi connectivity index (χ0v) is 13.5. The molecule has 0 saturated heterocycles. The molecule has 132 valence electrons. The van der Waals surface area contributed by atoms with Crippen LogP contribution in [0, 0.1) is 0 Å². The minimum atomic E-state index is -3.80. The van der Waals surface area contributed by atoms with Gasteiger partial charge in [0.25, 0.3) is 0 Å². The molecule has 0 spiro atoms. The Morgan fingerprint density at radius 1 is 0.720 bits per heavy atom. The summed E-state index contributed by atoms with van der Waals surface area (Å²) >= 11 is 0. The molecule has 0 aliphatic rings. The number of benzene rings is 2. The molecule has 0 fully saturated rings. The molecular formula is C16H12O8S-2. The Kier molecular flexibility index (Phi) is 5.60. The molecule has 0 radical (unpaired) electrons. The van der Waals surface area contributed by atoms with Crippen molar-refractivity contribution in [1.29, 1.82) is 0 Å². The van der Waals surface area contributed by atoms with E-state index in [2.05, 4.69) is 0 Å². The highest BCUT2D eigenvalue weighted by Gasteiger charge is 2.17. The summed E-state index contributed by atoms with van der Waals surface area (Å²) in [6.45, 7) is -1.28. The minimum Gasteiger partial charge on any atom is -0.546 e. The summed E-state index contributed by atoms with van der Waals surface area (Å²) in [6.07, 6.45) is 0. The zero-order chi connectivity index (χ0) is 18.4. The number of carbonyl (C=O) groups excluding carboxylic acids is 2. The van der Waals surface area contributed by atoms with Crippen LogP contribution in [0.4, 0.5) is 0 Å². The highest BCUT2D eigenvalue weighted by molar-refractivity contribution is 7.91. The first-order valence-electron chi connectivity index (χ1n) is 6.89. The summed E-state index contributed by atoms with van der Waals surface area (Å²) in [5, 5.41) is 20.6. The second-order valence-corrected chi connectivity index (χ2v) is 6.72. The van der Waals surface area contributed by atoms with Gasteiger partial charge in [-0.05, 0) is 48.5 Å². The normalized spacial score (nSPS) is 10.9. The van der Waals surface area contributed by atoms with Crippen molar-refractivity contribution in [2.75, 3.05) is 13.2 Å². The third-order valence-electron chi connectivity index (χ3n) is 2.98. The van der Waals surface area contributed by atoms with Crippen molar-refractivity contribution in [2.45, 2.75) is 9.79 Å². The number of hydrogen-bond donors (Lipinski definition) is 0. The molecule has 25 heavy (non-hydrogen) atoms. The van der Waals surface area contributed by atoms with Crippen LogP contribution in [0.25, 0.3) is 0 Å². The van der Waals surface area contributed by atoms with Gasteiger partial charge in [0.2, 0.25) is 9.84 Å². The molecule has 0 aliphatic heterocycles. The van der Waals surface area contributed by atoms with Gasteiger partial charge in [-0.1, -0.05) is 0 Å². The van der Waals surface area contributed by atoms with Gasteiger partial charge < -0.3 is 29.3 Å². The summed E-state index contributed by atoms with van der Waals surface area (Å²) in [7, 11) is -3.80. The predicted molar refractivity (Wildman–Crippen MR) is 79.3 cm³/mol. The van der Waals surface area contributed by atoms with Crippen LogP contribution in [0.5, 0.6) is 11.5 Å². The van der Waals surface area contributed by atoms with Crippen molar-refractivity contribution >= 4 is 21.8 Å². The van der Waals surface area contributed by atoms with E-state index >= 15 is 0 Å². The Balaban J connectivity index is 2.14. The van der Waals surface area contributed by atoms with E-state index in [1.165, 1.54) is 48.5 Å². The SMILES string of the molecule is O=C([O-])COc1ccc(S(=O)(=O)c2ccc(OCC(=O)[O-])cc2)cc1. The molecular weight excluding hydrogens is 352 g/mol. The number of sulfone groups is 1. The molecule has 0 heterocycles. The third kappa shape index (κ3) is 4.95. The lowest BCUT2D eigenvalue weighted by Gasteiger charge is -2.10. The number of aliphatic carboxylic acids is 2. The molecule has 0 bridgehead atoms. The second-order valence-electron chi connectivity index (χ2n) is 4.77. The van der Waals surface area contributed by atoms with Gasteiger partial charge >= 0.3 is 0 Å². The van der Waals surface area contributed by atoms with Gasteiger partial charge in [0.15, 0.2) is 0 Å². The Morgan fingerprint density at radius 2 is 1.04 bits per heavy atom. The van der Waals surface area contributed by atoms with Crippen LogP contribution in [0.1, 0.15) is 0 Å². The van der Waals surface area contributed by atoms with Crippen molar-refractivity contribution in [3.63, 3.8) is 0 Å². The van der Waals surface area contributed by atoms with Gasteiger partial charge in [-0.3, -0.25) is 0 Å². The highest BCUT2D eigenvalue weighted by atomic mass is 32.2. The Morgan fingerprint density at radius 3 is 1.32 bits per heavy atom. The average Bonchev–Trinajstić information content (AvgIpc) is 2.59. The smallest absolute Gasteiger partial charge is 0.206 e. The van der Waals surface area contributed by atoms with Crippen molar-refractivity contribution in [3.8, 4) is 11.5 Å². The largest absolute Gasteiger partial charge is 0.546 e. The van der Waals surface area contributed by atoms with Crippen LogP contribution in [0.3, 0.4) is 0 Å². The van der Waals surface area contributed by atoms with Crippen LogP contribution in [-0.4, -0.2) is 33.6 Å². The first kappa shape index (κ1) is 18.3. The fraction of sp³-hybridized carbons (Fsp3) is 0.125. The Hall–Kier alpha value is -3.07. The average molecular weight is 364 g/mol. The van der Waals surface area contributed by atoms with E-state index in [0.717, 1.165) is 0 Å². The van der Waals surface area contributed by atoms with Gasteiger partial charge in [-0.15, -0.1) is 0 Å². The summed E-state index contributed by atoms with van der Waals surface area (Å²) in [5.74, 6) is -2.40. The predicted octanol–water partition coefficient (Wildman–Crippen LogP) is -1.22. The van der Waals surface area contributed by atoms with Crippen LogP contribution in [-0.2, 0) is 19.4 Å². The molecule has 0 N–H and O–H groups in total. The lowest BCUT2D eigenvalue weighted by atomic mass is 10.3. The van der Waals surface area contributed by atoms with E-state index in [4.69, 9.17) is 9.47 Å². The highest BCUT2D eigenvalue weighted by Crippen LogP contribution is 2.24. The van der Waals surface area contributed by atoms with Gasteiger partial charge in [0.1, 0.15) is 24.7 Å². The standard InChI is InChI=1S/C16H14O8S/c17-15(18)9-23-11-1-5-13(6-2-11)25(21,22)14-7-3-12(4-8-14)24-10-16(19)20/h1-8H,9-10H2,(H,17,18)(H,19,20)/p-2. The van der Waals surface area contributed by atoms with Crippen molar-refractivity contribution in [2.24, 2.45) is 0 Å². The Bertz CT molecular complexity index is 787. The van der Waals surface area contributed by atoms with Gasteiger partial charge in [0.05, 0.1) is 21.7 Å². The van der Waals surface area contributed by atoms with Crippen LogP contribution in [0.15, 0.2) is 58.3 Å². The van der Waals surface area contributed by atoms with Gasteiger partial charge in [0, 0.05) is 0 Å². The van der Waals surface area contributed by atoms with E-state index in [0.29, 0.717) is 0 Å². The molecule has 2 aromatic carbocycles. The van der Waals surface area contributed by atoms with E-state index < -0.39 is 35.0 Å². The molecule has 0 aliphatic carbocycles. The van der Waals surface area contributed by atoms with Gasteiger partial charge in [-0.25, -0.2) is 8.42 Å². The summed E-state index contributed by atoms with van der Waals surface area (Å²) in [4.78, 5) is 20.6. The summed E-state index contributed by atoms with van der Waals surface area (Å²) < 4.78 is 34.8. The quantitative estimate of drug-likeness (QED) is 0.569.